The minimum Gasteiger partial charge on any atom is -0.492 e. The molecule has 5 nitrogen and oxygen atoms in total. The number of carbonyl (C=O) groups is 1. The average Bonchev–Trinajstić information content (AvgIpc) is 2.65. The zero-order valence-corrected chi connectivity index (χ0v) is 17.5. The second-order valence-electron chi connectivity index (χ2n) is 6.28. The second-order valence-corrected chi connectivity index (χ2v) is 6.28. The van der Waals surface area contributed by atoms with Crippen LogP contribution in [0, 0.1) is 5.92 Å². The highest BCUT2D eigenvalue weighted by atomic mass is 35.5. The Labute approximate surface area is 170 Å². The van der Waals surface area contributed by atoms with E-state index in [1.165, 1.54) is 0 Å². The van der Waals surface area contributed by atoms with Gasteiger partial charge in [0.05, 0.1) is 5.92 Å². The molecule has 1 amide bonds. The zero-order valence-electron chi connectivity index (χ0n) is 15.8. The molecule has 1 aromatic rings. The molecule has 1 aliphatic rings. The molecule has 0 radical (unpaired) electrons. The van der Waals surface area contributed by atoms with E-state index < -0.39 is 0 Å². The maximum atomic E-state index is 12.1. The topological polar surface area (TPSA) is 53.6 Å². The van der Waals surface area contributed by atoms with Crippen molar-refractivity contribution >= 4 is 30.7 Å². The fourth-order valence-corrected chi connectivity index (χ4v) is 2.95. The van der Waals surface area contributed by atoms with Crippen LogP contribution in [0.25, 0.3) is 0 Å². The number of halogens is 2. The molecule has 1 saturated heterocycles. The van der Waals surface area contributed by atoms with Crippen molar-refractivity contribution in [2.75, 3.05) is 39.3 Å². The number of carbonyl (C=O) groups excluding carboxylic acids is 1. The Kier molecular flexibility index (Phi) is 13.6. The molecule has 1 atom stereocenters. The Bertz CT molecular complexity index is 490. The number of likely N-dealkylation sites (N-methyl/N-ethyl adjacent to an activating group) is 1. The van der Waals surface area contributed by atoms with E-state index in [1.807, 2.05) is 24.3 Å². The van der Waals surface area contributed by atoms with Gasteiger partial charge in [-0.25, -0.2) is 0 Å². The van der Waals surface area contributed by atoms with Crippen molar-refractivity contribution in [1.29, 1.82) is 0 Å². The lowest BCUT2D eigenvalue weighted by Gasteiger charge is -2.21. The number of piperidine rings is 1. The molecule has 1 aliphatic heterocycles. The number of nitrogens with one attached hydrogen (secondary N) is 2. The lowest BCUT2D eigenvalue weighted by Crippen LogP contribution is -2.40. The maximum Gasteiger partial charge on any atom is 0.224 e. The van der Waals surface area contributed by atoms with E-state index in [2.05, 4.69) is 29.4 Å². The summed E-state index contributed by atoms with van der Waals surface area (Å²) in [6.45, 7) is 10.5. The van der Waals surface area contributed by atoms with Crippen LogP contribution in [0.2, 0.25) is 0 Å². The summed E-state index contributed by atoms with van der Waals surface area (Å²) in [5.41, 5.74) is 1.10. The molecule has 0 aromatic heterocycles. The molecule has 7 heteroatoms. The Morgan fingerprint density at radius 1 is 1.23 bits per heavy atom. The monoisotopic (exact) mass is 405 g/mol. The van der Waals surface area contributed by atoms with Crippen molar-refractivity contribution in [3.05, 3.63) is 29.8 Å². The molecule has 150 valence electrons. The van der Waals surface area contributed by atoms with E-state index in [9.17, 15) is 4.79 Å². The first-order valence-electron chi connectivity index (χ1n) is 9.15. The van der Waals surface area contributed by atoms with Crippen LogP contribution >= 0.6 is 24.8 Å². The summed E-state index contributed by atoms with van der Waals surface area (Å²) in [6, 6.07) is 8.00. The molecule has 1 fully saturated rings. The van der Waals surface area contributed by atoms with Crippen molar-refractivity contribution in [1.82, 2.24) is 15.5 Å². The van der Waals surface area contributed by atoms with Crippen molar-refractivity contribution in [3.63, 3.8) is 0 Å². The fourth-order valence-electron chi connectivity index (χ4n) is 2.95. The van der Waals surface area contributed by atoms with Gasteiger partial charge < -0.3 is 20.3 Å². The van der Waals surface area contributed by atoms with Crippen molar-refractivity contribution < 1.29 is 9.53 Å². The Balaban J connectivity index is 0.00000312. The van der Waals surface area contributed by atoms with E-state index in [-0.39, 0.29) is 36.6 Å². The number of hydrogen-bond donors (Lipinski definition) is 2. The van der Waals surface area contributed by atoms with Crippen molar-refractivity contribution in [2.45, 2.75) is 33.2 Å². The van der Waals surface area contributed by atoms with E-state index in [0.717, 1.165) is 56.9 Å². The smallest absolute Gasteiger partial charge is 0.224 e. The first-order valence-corrected chi connectivity index (χ1v) is 9.15. The van der Waals surface area contributed by atoms with Gasteiger partial charge in [-0.2, -0.15) is 0 Å². The van der Waals surface area contributed by atoms with Crippen molar-refractivity contribution in [2.24, 2.45) is 5.92 Å². The molecule has 1 heterocycles. The molecular formula is C19H33Cl2N3O2. The van der Waals surface area contributed by atoms with Gasteiger partial charge in [0.25, 0.3) is 0 Å². The highest BCUT2D eigenvalue weighted by Gasteiger charge is 2.20. The van der Waals surface area contributed by atoms with Crippen LogP contribution in [-0.4, -0.2) is 50.1 Å². The van der Waals surface area contributed by atoms with Gasteiger partial charge in [0, 0.05) is 19.6 Å². The van der Waals surface area contributed by atoms with E-state index >= 15 is 0 Å². The Hall–Kier alpha value is -1.01. The number of hydrogen-bond acceptors (Lipinski definition) is 4. The second kappa shape index (κ2) is 14.1. The maximum absolute atomic E-state index is 12.1. The molecule has 1 aromatic carbocycles. The minimum atomic E-state index is 0. The molecule has 0 saturated carbocycles. The van der Waals surface area contributed by atoms with E-state index in [1.54, 1.807) is 0 Å². The van der Waals surface area contributed by atoms with Crippen LogP contribution in [0.15, 0.2) is 24.3 Å². The summed E-state index contributed by atoms with van der Waals surface area (Å²) in [5.74, 6) is 1.15. The predicted molar refractivity (Wildman–Crippen MR) is 112 cm³/mol. The van der Waals surface area contributed by atoms with E-state index in [4.69, 9.17) is 4.74 Å². The normalized spacial score (nSPS) is 16.3. The summed E-state index contributed by atoms with van der Waals surface area (Å²) < 4.78 is 5.78. The lowest BCUT2D eigenvalue weighted by atomic mass is 9.99. The van der Waals surface area contributed by atoms with Crippen LogP contribution < -0.4 is 15.4 Å². The quantitative estimate of drug-likeness (QED) is 0.662. The van der Waals surface area contributed by atoms with Gasteiger partial charge in [-0.05, 0) is 50.2 Å². The third kappa shape index (κ3) is 8.58. The number of benzene rings is 1. The summed E-state index contributed by atoms with van der Waals surface area (Å²) in [6.07, 6.45) is 2.07. The van der Waals surface area contributed by atoms with Crippen molar-refractivity contribution in [3.8, 4) is 5.75 Å². The third-order valence-electron chi connectivity index (χ3n) is 4.63. The SMILES string of the molecule is CCN(CC)CCOc1ccc(CNC(=O)C2CCCNC2)cc1.Cl.Cl. The molecule has 0 aliphatic carbocycles. The van der Waals surface area contributed by atoms with Gasteiger partial charge in [0.2, 0.25) is 5.91 Å². The van der Waals surface area contributed by atoms with Crippen LogP contribution in [0.1, 0.15) is 32.3 Å². The van der Waals surface area contributed by atoms with Gasteiger partial charge in [-0.15, -0.1) is 24.8 Å². The zero-order chi connectivity index (χ0) is 17.2. The Morgan fingerprint density at radius 3 is 2.50 bits per heavy atom. The summed E-state index contributed by atoms with van der Waals surface area (Å²) in [4.78, 5) is 14.5. The van der Waals surface area contributed by atoms with E-state index in [0.29, 0.717) is 13.2 Å². The molecule has 1 unspecified atom stereocenters. The summed E-state index contributed by atoms with van der Waals surface area (Å²) >= 11 is 0. The first kappa shape index (κ1) is 25.0. The highest BCUT2D eigenvalue weighted by Crippen LogP contribution is 2.13. The number of amides is 1. The Morgan fingerprint density at radius 2 is 1.92 bits per heavy atom. The summed E-state index contributed by atoms with van der Waals surface area (Å²) in [7, 11) is 0. The average molecular weight is 406 g/mol. The molecule has 0 bridgehead atoms. The third-order valence-corrected chi connectivity index (χ3v) is 4.63. The van der Waals surface area contributed by atoms with Gasteiger partial charge in [-0.3, -0.25) is 4.79 Å². The van der Waals surface area contributed by atoms with Gasteiger partial charge in [-0.1, -0.05) is 26.0 Å². The van der Waals surface area contributed by atoms with Crippen LogP contribution in [-0.2, 0) is 11.3 Å². The molecule has 26 heavy (non-hydrogen) atoms. The fraction of sp³-hybridized carbons (Fsp3) is 0.632. The van der Waals surface area contributed by atoms with Gasteiger partial charge in [0.1, 0.15) is 12.4 Å². The number of rotatable bonds is 9. The highest BCUT2D eigenvalue weighted by molar-refractivity contribution is 5.85. The molecule has 2 rings (SSSR count). The number of nitrogens with zero attached hydrogens (tertiary/aromatic N) is 1. The van der Waals surface area contributed by atoms with Gasteiger partial charge >= 0.3 is 0 Å². The van der Waals surface area contributed by atoms with Crippen LogP contribution in [0.4, 0.5) is 0 Å². The largest absolute Gasteiger partial charge is 0.492 e. The molecule has 0 spiro atoms. The molecular weight excluding hydrogens is 373 g/mol. The number of ether oxygens (including phenoxy) is 1. The summed E-state index contributed by atoms with van der Waals surface area (Å²) in [5, 5.41) is 6.31. The van der Waals surface area contributed by atoms with Crippen LogP contribution in [0.3, 0.4) is 0 Å². The lowest BCUT2D eigenvalue weighted by molar-refractivity contribution is -0.125. The predicted octanol–water partition coefficient (Wildman–Crippen LogP) is 2.87. The van der Waals surface area contributed by atoms with Crippen LogP contribution in [0.5, 0.6) is 5.75 Å². The first-order chi connectivity index (χ1) is 11.7. The van der Waals surface area contributed by atoms with Gasteiger partial charge in [0.15, 0.2) is 0 Å². The molecule has 2 N–H and O–H groups in total. The minimum absolute atomic E-state index is 0. The standard InChI is InChI=1S/C19H31N3O2.2ClH/c1-3-22(4-2)12-13-24-18-9-7-16(8-10-18)14-21-19(23)17-6-5-11-20-15-17;;/h7-10,17,20H,3-6,11-15H2,1-2H3,(H,21,23);2*1H.